The predicted octanol–water partition coefficient (Wildman–Crippen LogP) is 3.61. The summed E-state index contributed by atoms with van der Waals surface area (Å²) in [7, 11) is 0. The smallest absolute Gasteiger partial charge is 0.313 e. The van der Waals surface area contributed by atoms with Gasteiger partial charge < -0.3 is 20.3 Å². The fourth-order valence-electron chi connectivity index (χ4n) is 1.54. The second-order valence-corrected chi connectivity index (χ2v) is 5.45. The van der Waals surface area contributed by atoms with E-state index in [1.54, 1.807) is 0 Å². The number of hydrogen-bond acceptors (Lipinski definition) is 8. The molecule has 2 aromatic carbocycles. The number of carboxylic acid groups (broad SMARTS) is 1. The SMILES string of the molecule is CC(=O)O.Nc1ccc(F)c(Cl)c1OC=O.O=COc1c([N+](=O)[O-])ccc(F)c1Cl.[Fe]. The molecule has 0 fully saturated rings. The molecule has 0 aliphatic rings. The topological polar surface area (TPSA) is 159 Å². The van der Waals surface area contributed by atoms with Crippen LogP contribution in [0.1, 0.15) is 6.92 Å². The van der Waals surface area contributed by atoms with Crippen LogP contribution in [-0.2, 0) is 31.5 Å². The summed E-state index contributed by atoms with van der Waals surface area (Å²) < 4.78 is 34.1. The maximum absolute atomic E-state index is 12.8. The molecule has 15 heteroatoms. The van der Waals surface area contributed by atoms with E-state index < -0.39 is 39.0 Å². The van der Waals surface area contributed by atoms with Crippen molar-refractivity contribution in [1.82, 2.24) is 0 Å². The zero-order valence-corrected chi connectivity index (χ0v) is 17.8. The second-order valence-electron chi connectivity index (χ2n) is 4.69. The van der Waals surface area contributed by atoms with Gasteiger partial charge in [0, 0.05) is 30.1 Å². The molecule has 0 heterocycles. The molecule has 0 spiro atoms. The summed E-state index contributed by atoms with van der Waals surface area (Å²) in [5, 5.41) is 16.9. The number of nitrogen functional groups attached to an aromatic ring is 1. The van der Waals surface area contributed by atoms with Gasteiger partial charge in [-0.05, 0) is 18.2 Å². The number of carbonyl (C=O) groups is 3. The summed E-state index contributed by atoms with van der Waals surface area (Å²) in [6.45, 7) is 1.16. The van der Waals surface area contributed by atoms with E-state index in [0.717, 1.165) is 25.1 Å². The van der Waals surface area contributed by atoms with Crippen LogP contribution < -0.4 is 15.2 Å². The Morgan fingerprint density at radius 2 is 1.45 bits per heavy atom. The Labute approximate surface area is 193 Å². The molecule has 2 rings (SSSR count). The minimum atomic E-state index is -0.894. The van der Waals surface area contributed by atoms with Gasteiger partial charge in [0.05, 0.1) is 10.6 Å². The van der Waals surface area contributed by atoms with E-state index in [4.69, 9.17) is 38.8 Å². The molecule has 10 nitrogen and oxygen atoms in total. The molecule has 3 N–H and O–H groups in total. The van der Waals surface area contributed by atoms with Crippen molar-refractivity contribution >= 4 is 53.5 Å². The van der Waals surface area contributed by atoms with Crippen molar-refractivity contribution in [2.24, 2.45) is 0 Å². The van der Waals surface area contributed by atoms with Gasteiger partial charge in [0.2, 0.25) is 5.75 Å². The third-order valence-electron chi connectivity index (χ3n) is 2.64. The Balaban J connectivity index is 0. The third-order valence-corrected chi connectivity index (χ3v) is 3.34. The minimum absolute atomic E-state index is 0. The van der Waals surface area contributed by atoms with Gasteiger partial charge in [-0.2, -0.15) is 0 Å². The summed E-state index contributed by atoms with van der Waals surface area (Å²) in [5.74, 6) is -3.14. The van der Waals surface area contributed by atoms with Gasteiger partial charge in [-0.3, -0.25) is 24.5 Å². The molecule has 0 saturated carbocycles. The molecular formula is C16H12Cl2F2FeN2O8. The normalized spacial score (nSPS) is 8.81. The largest absolute Gasteiger partial charge is 0.481 e. The second kappa shape index (κ2) is 14.9. The van der Waals surface area contributed by atoms with Crippen LogP contribution >= 0.6 is 23.2 Å². The van der Waals surface area contributed by atoms with E-state index in [2.05, 4.69) is 9.47 Å². The van der Waals surface area contributed by atoms with Crippen molar-refractivity contribution in [3.05, 3.63) is 56.1 Å². The molecule has 0 amide bonds. The van der Waals surface area contributed by atoms with Crippen LogP contribution in [0.3, 0.4) is 0 Å². The summed E-state index contributed by atoms with van der Waals surface area (Å²) in [5.41, 5.74) is 4.89. The fourth-order valence-corrected chi connectivity index (χ4v) is 1.96. The van der Waals surface area contributed by atoms with Crippen molar-refractivity contribution in [3.8, 4) is 11.5 Å². The number of nitro groups is 1. The Bertz CT molecular complexity index is 946. The molecular weight excluding hydrogens is 513 g/mol. The van der Waals surface area contributed by atoms with Gasteiger partial charge >= 0.3 is 5.69 Å². The number of ether oxygens (including phenoxy) is 2. The van der Waals surface area contributed by atoms with Crippen molar-refractivity contribution in [3.63, 3.8) is 0 Å². The number of benzene rings is 2. The molecule has 0 aliphatic carbocycles. The van der Waals surface area contributed by atoms with E-state index in [0.29, 0.717) is 0 Å². The number of carbonyl (C=O) groups excluding carboxylic acids is 2. The summed E-state index contributed by atoms with van der Waals surface area (Å²) >= 11 is 10.8. The molecule has 0 bridgehead atoms. The number of hydrogen-bond donors (Lipinski definition) is 2. The van der Waals surface area contributed by atoms with Gasteiger partial charge in [-0.15, -0.1) is 0 Å². The van der Waals surface area contributed by atoms with Gasteiger partial charge in [-0.25, -0.2) is 8.78 Å². The van der Waals surface area contributed by atoms with Crippen LogP contribution in [0.25, 0.3) is 0 Å². The molecule has 0 aromatic heterocycles. The number of rotatable bonds is 5. The van der Waals surface area contributed by atoms with Crippen LogP contribution in [-0.4, -0.2) is 28.9 Å². The number of anilines is 1. The molecule has 0 atom stereocenters. The minimum Gasteiger partial charge on any atom is -0.481 e. The first-order valence-corrected chi connectivity index (χ1v) is 7.99. The quantitative estimate of drug-likeness (QED) is 0.196. The van der Waals surface area contributed by atoms with Crippen LogP contribution in [0.2, 0.25) is 10.0 Å². The number of carboxylic acids is 1. The molecule has 2 aromatic rings. The van der Waals surface area contributed by atoms with Gasteiger partial charge in [-0.1, -0.05) is 23.2 Å². The average molecular weight is 525 g/mol. The number of halogens is 4. The molecule has 0 unspecified atom stereocenters. The van der Waals surface area contributed by atoms with Crippen molar-refractivity contribution in [2.75, 3.05) is 5.73 Å². The summed E-state index contributed by atoms with van der Waals surface area (Å²) in [6.07, 6.45) is 0. The van der Waals surface area contributed by atoms with E-state index in [1.165, 1.54) is 6.07 Å². The van der Waals surface area contributed by atoms with Crippen molar-refractivity contribution in [1.29, 1.82) is 0 Å². The Hall–Kier alpha value is -2.99. The van der Waals surface area contributed by atoms with E-state index in [1.807, 2.05) is 0 Å². The summed E-state index contributed by atoms with van der Waals surface area (Å²) in [4.78, 5) is 38.5. The number of nitrogens with two attached hydrogens (primary N) is 1. The third kappa shape index (κ3) is 10.0. The van der Waals surface area contributed by atoms with Gasteiger partial charge in [0.1, 0.15) is 21.7 Å². The van der Waals surface area contributed by atoms with E-state index in [9.17, 15) is 28.5 Å². The van der Waals surface area contributed by atoms with Gasteiger partial charge in [0.25, 0.3) is 18.9 Å². The average Bonchev–Trinajstić information content (AvgIpc) is 2.66. The Kier molecular flexibility index (Phi) is 14.5. The first-order chi connectivity index (χ1) is 14.0. The molecule has 170 valence electrons. The van der Waals surface area contributed by atoms with Gasteiger partial charge in [0.15, 0.2) is 5.75 Å². The van der Waals surface area contributed by atoms with Crippen LogP contribution in [0.15, 0.2) is 24.3 Å². The Morgan fingerprint density at radius 3 is 1.87 bits per heavy atom. The fraction of sp³-hybridized carbons (Fsp3) is 0.0625. The first-order valence-electron chi connectivity index (χ1n) is 7.23. The summed E-state index contributed by atoms with van der Waals surface area (Å²) in [6, 6.07) is 4.04. The zero-order valence-electron chi connectivity index (χ0n) is 15.2. The first kappa shape index (κ1) is 30.2. The monoisotopic (exact) mass is 524 g/mol. The molecule has 31 heavy (non-hydrogen) atoms. The predicted molar refractivity (Wildman–Crippen MR) is 101 cm³/mol. The Morgan fingerprint density at radius 1 is 1.06 bits per heavy atom. The molecule has 0 aliphatic heterocycles. The van der Waals surface area contributed by atoms with E-state index >= 15 is 0 Å². The molecule has 0 radical (unpaired) electrons. The van der Waals surface area contributed by atoms with Crippen molar-refractivity contribution < 1.29 is 59.7 Å². The zero-order chi connectivity index (χ0) is 23.4. The molecule has 0 saturated heterocycles. The van der Waals surface area contributed by atoms with E-state index in [-0.39, 0.29) is 46.5 Å². The van der Waals surface area contributed by atoms with Crippen LogP contribution in [0.4, 0.5) is 20.2 Å². The standard InChI is InChI=1S/C7H3ClFNO4.C7H5ClFNO2.C2H4O2.Fe/c8-6-4(9)1-2-5(10(12)13)7(6)14-3-11;8-6-4(9)1-2-5(10)7(6)12-3-11;1-2(3)4;/h1-3H;1-3H,10H2;1H3,(H,3,4);. The van der Waals surface area contributed by atoms with Crippen LogP contribution in [0.5, 0.6) is 11.5 Å². The number of nitro benzene ring substituents is 1. The maximum atomic E-state index is 12.8. The number of aliphatic carboxylic acids is 1. The van der Waals surface area contributed by atoms with Crippen molar-refractivity contribution in [2.45, 2.75) is 6.92 Å². The number of nitrogens with zero attached hydrogens (tertiary/aromatic N) is 1. The van der Waals surface area contributed by atoms with Crippen LogP contribution in [0, 0.1) is 21.7 Å². The maximum Gasteiger partial charge on any atom is 0.313 e.